The van der Waals surface area contributed by atoms with Crippen molar-refractivity contribution in [1.29, 1.82) is 0 Å². The summed E-state index contributed by atoms with van der Waals surface area (Å²) in [5.41, 5.74) is 0.0614. The molecule has 0 N–H and O–H groups in total. The van der Waals surface area contributed by atoms with Crippen LogP contribution in [0.15, 0.2) is 0 Å². The van der Waals surface area contributed by atoms with Crippen LogP contribution in [0, 0.1) is 23.7 Å². The normalized spacial score (nSPS) is 45.8. The molecule has 0 spiro atoms. The predicted octanol–water partition coefficient (Wildman–Crippen LogP) is 2.15. The third-order valence-electron chi connectivity index (χ3n) is 4.65. The lowest BCUT2D eigenvalue weighted by Gasteiger charge is -2.35. The number of fused-ring (bicyclic) bond motifs is 1. The van der Waals surface area contributed by atoms with Crippen LogP contribution in [0.1, 0.15) is 34.1 Å². The molecular formula is C12H21NO. The average molecular weight is 195 g/mol. The van der Waals surface area contributed by atoms with Crippen molar-refractivity contribution in [1.82, 2.24) is 4.90 Å². The van der Waals surface area contributed by atoms with Gasteiger partial charge in [-0.3, -0.25) is 4.79 Å². The molecule has 1 saturated heterocycles. The van der Waals surface area contributed by atoms with Crippen LogP contribution in [0.25, 0.3) is 0 Å². The molecule has 1 saturated carbocycles. The summed E-state index contributed by atoms with van der Waals surface area (Å²) in [6.07, 6.45) is 1.22. The van der Waals surface area contributed by atoms with E-state index in [4.69, 9.17) is 0 Å². The summed E-state index contributed by atoms with van der Waals surface area (Å²) < 4.78 is 0. The van der Waals surface area contributed by atoms with Gasteiger partial charge in [-0.15, -0.1) is 0 Å². The molecule has 1 aliphatic carbocycles. The molecule has 1 amide bonds. The number of carbonyl (C=O) groups excluding carboxylic acids is 1. The summed E-state index contributed by atoms with van der Waals surface area (Å²) in [5.74, 6) is 2.50. The fraction of sp³-hybridized carbons (Fsp3) is 0.917. The van der Waals surface area contributed by atoms with Gasteiger partial charge in [0.15, 0.2) is 0 Å². The number of nitrogens with zero attached hydrogens (tertiary/aromatic N) is 1. The fourth-order valence-electron chi connectivity index (χ4n) is 3.85. The van der Waals surface area contributed by atoms with Crippen LogP contribution in [0.3, 0.4) is 0 Å². The van der Waals surface area contributed by atoms with E-state index in [1.807, 2.05) is 11.9 Å². The van der Waals surface area contributed by atoms with E-state index in [1.54, 1.807) is 0 Å². The lowest BCUT2D eigenvalue weighted by Crippen LogP contribution is -2.42. The summed E-state index contributed by atoms with van der Waals surface area (Å²) in [4.78, 5) is 14.1. The van der Waals surface area contributed by atoms with Gasteiger partial charge in [-0.05, 0) is 38.0 Å². The van der Waals surface area contributed by atoms with Gasteiger partial charge < -0.3 is 4.90 Å². The molecule has 14 heavy (non-hydrogen) atoms. The monoisotopic (exact) mass is 195 g/mol. The molecule has 0 aromatic rings. The van der Waals surface area contributed by atoms with Crippen LogP contribution in [-0.4, -0.2) is 23.4 Å². The van der Waals surface area contributed by atoms with E-state index in [1.165, 1.54) is 6.42 Å². The van der Waals surface area contributed by atoms with E-state index in [2.05, 4.69) is 27.7 Å². The Morgan fingerprint density at radius 1 is 1.29 bits per heavy atom. The minimum absolute atomic E-state index is 0.0614. The van der Waals surface area contributed by atoms with Gasteiger partial charge in [-0.25, -0.2) is 0 Å². The third kappa shape index (κ3) is 0.999. The van der Waals surface area contributed by atoms with Crippen molar-refractivity contribution in [2.45, 2.75) is 39.7 Å². The maximum absolute atomic E-state index is 12.1. The SMILES string of the molecule is CC1CC(C)C2C1C(=O)N(C)C2(C)C. The van der Waals surface area contributed by atoms with Gasteiger partial charge in [0, 0.05) is 18.5 Å². The Morgan fingerprint density at radius 2 is 1.86 bits per heavy atom. The second-order valence-electron chi connectivity index (χ2n) is 5.79. The highest BCUT2D eigenvalue weighted by Crippen LogP contribution is 2.53. The van der Waals surface area contributed by atoms with Gasteiger partial charge in [0.2, 0.25) is 5.91 Å². The molecule has 0 aromatic heterocycles. The molecule has 0 bridgehead atoms. The summed E-state index contributed by atoms with van der Waals surface area (Å²) in [5, 5.41) is 0. The Morgan fingerprint density at radius 3 is 2.36 bits per heavy atom. The van der Waals surface area contributed by atoms with Crippen molar-refractivity contribution < 1.29 is 4.79 Å². The van der Waals surface area contributed by atoms with Crippen molar-refractivity contribution in [3.8, 4) is 0 Å². The molecule has 2 aliphatic rings. The van der Waals surface area contributed by atoms with Crippen LogP contribution in [0.5, 0.6) is 0 Å². The number of amides is 1. The Balaban J connectivity index is 2.40. The average Bonchev–Trinajstić information content (AvgIpc) is 2.46. The topological polar surface area (TPSA) is 20.3 Å². The minimum Gasteiger partial charge on any atom is -0.340 e. The number of hydrogen-bond donors (Lipinski definition) is 0. The van der Waals surface area contributed by atoms with E-state index >= 15 is 0 Å². The lowest BCUT2D eigenvalue weighted by molar-refractivity contribution is -0.132. The van der Waals surface area contributed by atoms with Crippen LogP contribution in [0.2, 0.25) is 0 Å². The second kappa shape index (κ2) is 2.74. The molecule has 0 radical (unpaired) electrons. The Kier molecular flexibility index (Phi) is 1.96. The first kappa shape index (κ1) is 10.0. The van der Waals surface area contributed by atoms with Crippen molar-refractivity contribution in [2.75, 3.05) is 7.05 Å². The quantitative estimate of drug-likeness (QED) is 0.580. The molecule has 2 heteroatoms. The number of hydrogen-bond acceptors (Lipinski definition) is 1. The van der Waals surface area contributed by atoms with Crippen LogP contribution in [-0.2, 0) is 4.79 Å². The zero-order chi connectivity index (χ0) is 10.7. The van der Waals surface area contributed by atoms with Crippen LogP contribution < -0.4 is 0 Å². The molecule has 0 aromatic carbocycles. The van der Waals surface area contributed by atoms with Gasteiger partial charge in [0.05, 0.1) is 0 Å². The second-order valence-corrected chi connectivity index (χ2v) is 5.79. The van der Waals surface area contributed by atoms with Gasteiger partial charge in [-0.2, -0.15) is 0 Å². The van der Waals surface area contributed by atoms with E-state index in [9.17, 15) is 4.79 Å². The Labute approximate surface area is 86.7 Å². The molecule has 80 valence electrons. The number of likely N-dealkylation sites (tertiary alicyclic amines) is 1. The first-order valence-corrected chi connectivity index (χ1v) is 5.65. The van der Waals surface area contributed by atoms with Crippen LogP contribution in [0.4, 0.5) is 0 Å². The highest BCUT2D eigenvalue weighted by atomic mass is 16.2. The molecule has 1 heterocycles. The highest BCUT2D eigenvalue weighted by molar-refractivity contribution is 5.83. The van der Waals surface area contributed by atoms with E-state index in [0.29, 0.717) is 29.6 Å². The first-order valence-electron chi connectivity index (χ1n) is 5.65. The first-order chi connectivity index (χ1) is 6.37. The van der Waals surface area contributed by atoms with Gasteiger partial charge in [0.25, 0.3) is 0 Å². The van der Waals surface area contributed by atoms with Crippen molar-refractivity contribution >= 4 is 5.91 Å². The lowest BCUT2D eigenvalue weighted by atomic mass is 9.79. The minimum atomic E-state index is 0.0614. The maximum atomic E-state index is 12.1. The molecule has 4 unspecified atom stereocenters. The fourth-order valence-corrected chi connectivity index (χ4v) is 3.85. The molecule has 4 atom stereocenters. The largest absolute Gasteiger partial charge is 0.340 e. The molecule has 1 aliphatic heterocycles. The van der Waals surface area contributed by atoms with Crippen LogP contribution >= 0.6 is 0 Å². The van der Waals surface area contributed by atoms with Gasteiger partial charge >= 0.3 is 0 Å². The summed E-state index contributed by atoms with van der Waals surface area (Å²) >= 11 is 0. The smallest absolute Gasteiger partial charge is 0.226 e. The van der Waals surface area contributed by atoms with E-state index in [-0.39, 0.29) is 5.54 Å². The predicted molar refractivity (Wildman–Crippen MR) is 56.8 cm³/mol. The van der Waals surface area contributed by atoms with E-state index < -0.39 is 0 Å². The van der Waals surface area contributed by atoms with Crippen molar-refractivity contribution in [2.24, 2.45) is 23.7 Å². The summed E-state index contributed by atoms with van der Waals surface area (Å²) in [6.45, 7) is 8.96. The number of carbonyl (C=O) groups is 1. The zero-order valence-corrected chi connectivity index (χ0v) is 9.87. The summed E-state index contributed by atoms with van der Waals surface area (Å²) in [6, 6.07) is 0. The third-order valence-corrected chi connectivity index (χ3v) is 4.65. The van der Waals surface area contributed by atoms with E-state index in [0.717, 1.165) is 0 Å². The number of rotatable bonds is 0. The standard InChI is InChI=1S/C12H21NO/c1-7-6-8(2)10-9(7)11(14)13(5)12(10,3)4/h7-10H,6H2,1-5H3. The van der Waals surface area contributed by atoms with Crippen molar-refractivity contribution in [3.05, 3.63) is 0 Å². The summed E-state index contributed by atoms with van der Waals surface area (Å²) in [7, 11) is 1.96. The van der Waals surface area contributed by atoms with Gasteiger partial charge in [-0.1, -0.05) is 13.8 Å². The van der Waals surface area contributed by atoms with Gasteiger partial charge in [0.1, 0.15) is 0 Å². The Hall–Kier alpha value is -0.530. The molecule has 2 fully saturated rings. The highest BCUT2D eigenvalue weighted by Gasteiger charge is 2.58. The molecular weight excluding hydrogens is 174 g/mol. The zero-order valence-electron chi connectivity index (χ0n) is 9.87. The maximum Gasteiger partial charge on any atom is 0.226 e. The molecule has 2 rings (SSSR count). The molecule has 2 nitrogen and oxygen atoms in total. The van der Waals surface area contributed by atoms with Crippen molar-refractivity contribution in [3.63, 3.8) is 0 Å². The Bertz CT molecular complexity index is 271.